The van der Waals surface area contributed by atoms with E-state index < -0.39 is 21.8 Å². The number of hydrogen-bond acceptors (Lipinski definition) is 5. The van der Waals surface area contributed by atoms with Crippen molar-refractivity contribution in [2.75, 3.05) is 24.6 Å². The van der Waals surface area contributed by atoms with Crippen molar-refractivity contribution in [1.29, 1.82) is 0 Å². The van der Waals surface area contributed by atoms with Crippen LogP contribution in [0.4, 0.5) is 0 Å². The lowest BCUT2D eigenvalue weighted by atomic mass is 9.81. The van der Waals surface area contributed by atoms with Gasteiger partial charge in [0, 0.05) is 68.5 Å². The van der Waals surface area contributed by atoms with Crippen molar-refractivity contribution in [3.63, 3.8) is 0 Å². The molecule has 0 spiro atoms. The molecule has 5 nitrogen and oxygen atoms in total. The quantitative estimate of drug-likeness (QED) is 0.106. The van der Waals surface area contributed by atoms with Crippen LogP contribution in [-0.4, -0.2) is 62.9 Å². The van der Waals surface area contributed by atoms with Gasteiger partial charge in [-0.3, -0.25) is 14.8 Å². The molecule has 2 heterocycles. The molecule has 6 unspecified atom stereocenters. The molecule has 0 aromatic heterocycles. The van der Waals surface area contributed by atoms with Gasteiger partial charge in [0.1, 0.15) is 0 Å². The fourth-order valence-electron chi connectivity index (χ4n) is 8.52. The van der Waals surface area contributed by atoms with Crippen molar-refractivity contribution in [2.24, 2.45) is 9.98 Å². The molecule has 2 aliphatic carbocycles. The number of aliphatic imine (C=N–C) groups is 2. The fourth-order valence-corrected chi connectivity index (χ4v) is 14.1. The predicted octanol–water partition coefficient (Wildman–Crippen LogP) is 9.90. The SMILES string of the molecule is O=C(c1ccc([SH]2CCN=C2c2ccc(C3CCCCC3O)cc2)c(Cl)c1)c1ccc([SH]2CCN=C2c2ccc(C3CCCCC3O)cc2)c(Cl)c1. The maximum absolute atomic E-state index is 13.8. The molecular formula is C43H46Cl2N2O3S2. The number of rotatable bonds is 8. The van der Waals surface area contributed by atoms with Gasteiger partial charge in [0.25, 0.3) is 0 Å². The maximum Gasteiger partial charge on any atom is 0.193 e. The molecule has 4 aromatic rings. The van der Waals surface area contributed by atoms with Crippen molar-refractivity contribution < 1.29 is 15.0 Å². The first-order chi connectivity index (χ1) is 25.4. The van der Waals surface area contributed by atoms with Crippen molar-refractivity contribution >= 4 is 60.9 Å². The lowest BCUT2D eigenvalue weighted by molar-refractivity contribution is 0.103. The third-order valence-electron chi connectivity index (χ3n) is 11.3. The summed E-state index contributed by atoms with van der Waals surface area (Å²) in [6.45, 7) is 1.52. The number of carbonyl (C=O) groups is 1. The van der Waals surface area contributed by atoms with E-state index in [9.17, 15) is 15.0 Å². The maximum atomic E-state index is 13.8. The number of hydrogen-bond donors (Lipinski definition) is 4. The third kappa shape index (κ3) is 7.30. The van der Waals surface area contributed by atoms with Crippen LogP contribution < -0.4 is 0 Å². The molecule has 8 rings (SSSR count). The number of aliphatic hydroxyl groups excluding tert-OH is 2. The number of benzene rings is 4. The van der Waals surface area contributed by atoms with Crippen LogP contribution in [0.5, 0.6) is 0 Å². The number of thiol groups is 2. The largest absolute Gasteiger partial charge is 0.392 e. The molecule has 2 fully saturated rings. The van der Waals surface area contributed by atoms with Gasteiger partial charge in [-0.25, -0.2) is 0 Å². The van der Waals surface area contributed by atoms with Gasteiger partial charge in [-0.15, -0.1) is 0 Å². The minimum absolute atomic E-state index is 0.107. The monoisotopic (exact) mass is 772 g/mol. The molecular weight excluding hydrogens is 728 g/mol. The second-order valence-corrected chi connectivity index (χ2v) is 19.8. The Labute approximate surface area is 322 Å². The number of aliphatic hydroxyl groups is 2. The first-order valence-electron chi connectivity index (χ1n) is 18.7. The summed E-state index contributed by atoms with van der Waals surface area (Å²) in [5, 5.41) is 24.5. The molecule has 0 radical (unpaired) electrons. The molecule has 2 aliphatic heterocycles. The van der Waals surface area contributed by atoms with E-state index in [0.29, 0.717) is 21.2 Å². The van der Waals surface area contributed by atoms with Gasteiger partial charge in [-0.1, -0.05) is 97.4 Å². The van der Waals surface area contributed by atoms with E-state index in [0.717, 1.165) is 107 Å². The van der Waals surface area contributed by atoms with Gasteiger partial charge < -0.3 is 10.2 Å². The Morgan fingerprint density at radius 3 is 1.37 bits per heavy atom. The first kappa shape index (κ1) is 36.1. The van der Waals surface area contributed by atoms with E-state index in [2.05, 4.69) is 48.5 Å². The molecule has 52 heavy (non-hydrogen) atoms. The summed E-state index contributed by atoms with van der Waals surface area (Å²) in [5.74, 6) is 2.17. The fraction of sp³-hybridized carbons (Fsp3) is 0.372. The minimum Gasteiger partial charge on any atom is -0.392 e. The van der Waals surface area contributed by atoms with Crippen LogP contribution in [0.15, 0.2) is 105 Å². The normalized spacial score (nSPS) is 27.6. The molecule has 4 aromatic carbocycles. The van der Waals surface area contributed by atoms with Crippen LogP contribution in [0.2, 0.25) is 10.0 Å². The van der Waals surface area contributed by atoms with E-state index in [1.807, 2.05) is 24.3 Å². The van der Waals surface area contributed by atoms with Crippen LogP contribution >= 0.6 is 45.0 Å². The van der Waals surface area contributed by atoms with Crippen LogP contribution in [-0.2, 0) is 0 Å². The number of ketones is 1. The molecule has 0 amide bonds. The lowest BCUT2D eigenvalue weighted by Gasteiger charge is -2.28. The summed E-state index contributed by atoms with van der Waals surface area (Å²) < 4.78 is 0. The molecule has 0 bridgehead atoms. The molecule has 0 saturated heterocycles. The lowest BCUT2D eigenvalue weighted by Crippen LogP contribution is -2.22. The van der Waals surface area contributed by atoms with Crippen molar-refractivity contribution in [3.05, 3.63) is 128 Å². The first-order valence-corrected chi connectivity index (χ1v) is 22.5. The Bertz CT molecular complexity index is 1870. The Hall–Kier alpha value is -2.91. The zero-order valence-electron chi connectivity index (χ0n) is 29.2. The van der Waals surface area contributed by atoms with E-state index in [1.54, 1.807) is 12.1 Å². The van der Waals surface area contributed by atoms with Crippen LogP contribution in [0.3, 0.4) is 0 Å². The van der Waals surface area contributed by atoms with Gasteiger partial charge in [-0.2, -0.15) is 21.8 Å². The standard InChI is InChI=1S/C43H46Cl2N2O3S2/c44-35-25-31(17-19-39(35)51-23-21-46-42(51)29-13-9-27(10-14-29)33-5-1-3-7-37(33)48)41(50)32-18-20-40(36(45)26-32)52-24-22-47-43(52)30-15-11-28(12-16-30)34-6-2-4-8-38(34)49/h9-20,25-26,33-34,37-38,48-49,51-52H,1-8,21-24H2. The van der Waals surface area contributed by atoms with Gasteiger partial charge in [-0.05, 0) is 73.2 Å². The van der Waals surface area contributed by atoms with E-state index in [4.69, 9.17) is 33.2 Å². The van der Waals surface area contributed by atoms with Gasteiger partial charge in [0.05, 0.1) is 32.3 Å². The van der Waals surface area contributed by atoms with E-state index >= 15 is 0 Å². The minimum atomic E-state index is -0.750. The number of halogens is 2. The highest BCUT2D eigenvalue weighted by atomic mass is 35.5. The smallest absolute Gasteiger partial charge is 0.193 e. The highest BCUT2D eigenvalue weighted by Crippen LogP contribution is 2.49. The molecule has 272 valence electrons. The van der Waals surface area contributed by atoms with Crippen molar-refractivity contribution in [3.8, 4) is 0 Å². The van der Waals surface area contributed by atoms with E-state index in [-0.39, 0.29) is 29.8 Å². The Kier molecular flexibility index (Phi) is 11.0. The second-order valence-electron chi connectivity index (χ2n) is 14.5. The number of nitrogens with zero attached hydrogens (tertiary/aromatic N) is 2. The average molecular weight is 774 g/mol. The third-order valence-corrected chi connectivity index (χ3v) is 17.3. The zero-order valence-corrected chi connectivity index (χ0v) is 32.5. The molecule has 2 saturated carbocycles. The van der Waals surface area contributed by atoms with Crippen LogP contribution in [0.25, 0.3) is 0 Å². The molecule has 4 aliphatic rings. The molecule has 2 N–H and O–H groups in total. The van der Waals surface area contributed by atoms with Gasteiger partial charge in [0.2, 0.25) is 0 Å². The highest BCUT2D eigenvalue weighted by Gasteiger charge is 2.29. The van der Waals surface area contributed by atoms with Gasteiger partial charge >= 0.3 is 0 Å². The summed E-state index contributed by atoms with van der Waals surface area (Å²) in [4.78, 5) is 25.7. The summed E-state index contributed by atoms with van der Waals surface area (Å²) >= 11 is 13.9. The van der Waals surface area contributed by atoms with Gasteiger partial charge in [0.15, 0.2) is 5.78 Å². The summed E-state index contributed by atoms with van der Waals surface area (Å²) in [5.41, 5.74) is 5.70. The molecule has 9 heteroatoms. The van der Waals surface area contributed by atoms with Crippen LogP contribution in [0, 0.1) is 0 Å². The topological polar surface area (TPSA) is 82.2 Å². The Balaban J connectivity index is 0.958. The summed E-state index contributed by atoms with van der Waals surface area (Å²) in [7, 11) is -1.50. The average Bonchev–Trinajstić information content (AvgIpc) is 3.86. The van der Waals surface area contributed by atoms with Crippen molar-refractivity contribution in [2.45, 2.75) is 85.2 Å². The van der Waals surface area contributed by atoms with Crippen molar-refractivity contribution in [1.82, 2.24) is 0 Å². The summed E-state index contributed by atoms with van der Waals surface area (Å²) in [6, 6.07) is 28.6. The highest BCUT2D eigenvalue weighted by molar-refractivity contribution is 8.31. The predicted molar refractivity (Wildman–Crippen MR) is 221 cm³/mol. The Morgan fingerprint density at radius 2 is 0.981 bits per heavy atom. The Morgan fingerprint density at radius 1 is 0.577 bits per heavy atom. The second kappa shape index (κ2) is 15.8. The molecule has 6 atom stereocenters. The zero-order chi connectivity index (χ0) is 35.8. The van der Waals surface area contributed by atoms with E-state index in [1.165, 1.54) is 11.1 Å². The van der Waals surface area contributed by atoms with Crippen LogP contribution in [0.1, 0.15) is 101 Å². The summed E-state index contributed by atoms with van der Waals surface area (Å²) in [6.07, 6.45) is 7.82. The number of carbonyl (C=O) groups excluding carboxylic acids is 1.